The van der Waals surface area contributed by atoms with Crippen molar-refractivity contribution in [2.24, 2.45) is 5.41 Å². The van der Waals surface area contributed by atoms with Crippen molar-refractivity contribution in [1.82, 2.24) is 0 Å². The van der Waals surface area contributed by atoms with Crippen LogP contribution in [0.4, 0.5) is 4.39 Å². The minimum atomic E-state index is -0.213. The topological polar surface area (TPSA) is 9.23 Å². The fraction of sp³-hybridized carbons (Fsp3) is 0.647. The summed E-state index contributed by atoms with van der Waals surface area (Å²) in [6.45, 7) is 1.98. The maximum Gasteiger partial charge on any atom is 0.126 e. The first kappa shape index (κ1) is 14.4. The average molecular weight is 341 g/mol. The van der Waals surface area contributed by atoms with E-state index in [2.05, 4.69) is 15.9 Å². The van der Waals surface area contributed by atoms with E-state index >= 15 is 0 Å². The summed E-state index contributed by atoms with van der Waals surface area (Å²) in [5.74, 6) is 0.508. The Morgan fingerprint density at radius 3 is 2.55 bits per heavy atom. The zero-order chi connectivity index (χ0) is 14.2. The average Bonchev–Trinajstić information content (AvgIpc) is 2.70. The van der Waals surface area contributed by atoms with Gasteiger partial charge < -0.3 is 4.74 Å². The molecule has 2 aliphatic rings. The number of hydrogen-bond donors (Lipinski definition) is 0. The molecule has 0 bridgehead atoms. The number of aryl methyl sites for hydroxylation is 1. The quantitative estimate of drug-likeness (QED) is 0.656. The molecule has 2 atom stereocenters. The van der Waals surface area contributed by atoms with E-state index in [9.17, 15) is 4.39 Å². The van der Waals surface area contributed by atoms with Gasteiger partial charge in [-0.1, -0.05) is 47.7 Å². The third kappa shape index (κ3) is 2.49. The molecule has 1 aromatic rings. The van der Waals surface area contributed by atoms with Crippen LogP contribution in [-0.4, -0.2) is 10.9 Å². The van der Waals surface area contributed by atoms with Crippen molar-refractivity contribution in [1.29, 1.82) is 0 Å². The molecular formula is C17H22BrFO. The van der Waals surface area contributed by atoms with Crippen LogP contribution in [0.1, 0.15) is 50.5 Å². The Bertz CT molecular complexity index is 480. The van der Waals surface area contributed by atoms with E-state index in [-0.39, 0.29) is 17.3 Å². The molecule has 1 nitrogen and oxygen atoms in total. The lowest BCUT2D eigenvalue weighted by atomic mass is 9.61. The molecule has 0 aliphatic heterocycles. The lowest BCUT2D eigenvalue weighted by Gasteiger charge is -2.53. The van der Waals surface area contributed by atoms with Gasteiger partial charge in [0, 0.05) is 16.3 Å². The SMILES string of the molecule is Cc1ccc(F)cc1OC1CC(Br)C12CCCCCC2. The van der Waals surface area contributed by atoms with Crippen LogP contribution >= 0.6 is 15.9 Å². The molecule has 3 heteroatoms. The summed E-state index contributed by atoms with van der Waals surface area (Å²) in [5.41, 5.74) is 1.29. The van der Waals surface area contributed by atoms with Gasteiger partial charge in [-0.3, -0.25) is 0 Å². The molecule has 0 radical (unpaired) electrons. The number of rotatable bonds is 2. The normalized spacial score (nSPS) is 28.8. The van der Waals surface area contributed by atoms with Gasteiger partial charge in [-0.2, -0.15) is 0 Å². The Labute approximate surface area is 129 Å². The molecule has 1 aromatic carbocycles. The molecule has 1 spiro atoms. The maximum absolute atomic E-state index is 13.4. The zero-order valence-electron chi connectivity index (χ0n) is 12.0. The van der Waals surface area contributed by atoms with Crippen LogP contribution < -0.4 is 4.74 Å². The summed E-state index contributed by atoms with van der Waals surface area (Å²) in [7, 11) is 0. The maximum atomic E-state index is 13.4. The molecule has 20 heavy (non-hydrogen) atoms. The Kier molecular flexibility index (Phi) is 4.07. The second kappa shape index (κ2) is 5.67. The van der Waals surface area contributed by atoms with Crippen molar-refractivity contribution in [2.75, 3.05) is 0 Å². The highest BCUT2D eigenvalue weighted by molar-refractivity contribution is 9.09. The molecule has 3 rings (SSSR count). The number of ether oxygens (including phenoxy) is 1. The standard InChI is InChI=1S/C17H22BrFO/c1-12-6-7-13(19)10-14(12)20-16-11-15(18)17(16)8-4-2-3-5-9-17/h6-7,10,15-16H,2-5,8-9,11H2,1H3. The van der Waals surface area contributed by atoms with Gasteiger partial charge in [-0.05, 0) is 37.8 Å². The predicted octanol–water partition coefficient (Wildman–Crippen LogP) is 5.39. The van der Waals surface area contributed by atoms with Gasteiger partial charge in [-0.15, -0.1) is 0 Å². The van der Waals surface area contributed by atoms with Crippen molar-refractivity contribution in [3.63, 3.8) is 0 Å². The first-order valence-corrected chi connectivity index (χ1v) is 8.60. The Morgan fingerprint density at radius 2 is 1.90 bits per heavy atom. The van der Waals surface area contributed by atoms with Gasteiger partial charge >= 0.3 is 0 Å². The number of alkyl halides is 1. The molecule has 2 fully saturated rings. The lowest BCUT2D eigenvalue weighted by molar-refractivity contribution is -0.0466. The van der Waals surface area contributed by atoms with Gasteiger partial charge in [0.2, 0.25) is 0 Å². The molecule has 2 saturated carbocycles. The Hall–Kier alpha value is -0.570. The fourth-order valence-corrected chi connectivity index (χ4v) is 4.83. The van der Waals surface area contributed by atoms with E-state index in [1.54, 1.807) is 6.07 Å². The van der Waals surface area contributed by atoms with Crippen LogP contribution in [0.15, 0.2) is 18.2 Å². The Balaban J connectivity index is 1.78. The van der Waals surface area contributed by atoms with E-state index < -0.39 is 0 Å². The van der Waals surface area contributed by atoms with Crippen LogP contribution in [0.5, 0.6) is 5.75 Å². The molecule has 0 aromatic heterocycles. The van der Waals surface area contributed by atoms with E-state index in [4.69, 9.17) is 4.74 Å². The van der Waals surface area contributed by atoms with Crippen LogP contribution in [-0.2, 0) is 0 Å². The first-order chi connectivity index (χ1) is 9.62. The second-order valence-corrected chi connectivity index (χ2v) is 7.47. The minimum Gasteiger partial charge on any atom is -0.489 e. The van der Waals surface area contributed by atoms with E-state index in [1.165, 1.54) is 50.7 Å². The summed E-state index contributed by atoms with van der Waals surface area (Å²) in [5, 5.41) is 0. The van der Waals surface area contributed by atoms with Gasteiger partial charge in [-0.25, -0.2) is 4.39 Å². The van der Waals surface area contributed by atoms with E-state index in [0.717, 1.165) is 17.7 Å². The second-order valence-electron chi connectivity index (χ2n) is 6.37. The van der Waals surface area contributed by atoms with Crippen molar-refractivity contribution in [2.45, 2.75) is 62.8 Å². The summed E-state index contributed by atoms with van der Waals surface area (Å²) in [6.07, 6.45) is 9.03. The van der Waals surface area contributed by atoms with Crippen LogP contribution in [0.2, 0.25) is 0 Å². The number of halogens is 2. The van der Waals surface area contributed by atoms with Crippen molar-refractivity contribution >= 4 is 15.9 Å². The Morgan fingerprint density at radius 1 is 1.20 bits per heavy atom. The van der Waals surface area contributed by atoms with Crippen LogP contribution in [0.25, 0.3) is 0 Å². The molecule has 0 heterocycles. The highest BCUT2D eigenvalue weighted by Gasteiger charge is 2.55. The first-order valence-electron chi connectivity index (χ1n) is 7.69. The molecule has 0 N–H and O–H groups in total. The van der Waals surface area contributed by atoms with Gasteiger partial charge in [0.25, 0.3) is 0 Å². The molecular weight excluding hydrogens is 319 g/mol. The molecule has 0 saturated heterocycles. The van der Waals surface area contributed by atoms with Gasteiger partial charge in [0.15, 0.2) is 0 Å². The van der Waals surface area contributed by atoms with E-state index in [1.807, 2.05) is 6.92 Å². The summed E-state index contributed by atoms with van der Waals surface area (Å²) in [6, 6.07) is 4.83. The van der Waals surface area contributed by atoms with Crippen molar-refractivity contribution < 1.29 is 9.13 Å². The number of benzene rings is 1. The highest BCUT2D eigenvalue weighted by Crippen LogP contribution is 2.55. The highest BCUT2D eigenvalue weighted by atomic mass is 79.9. The van der Waals surface area contributed by atoms with Crippen LogP contribution in [0.3, 0.4) is 0 Å². The molecule has 110 valence electrons. The lowest BCUT2D eigenvalue weighted by Crippen LogP contribution is -2.56. The molecule has 0 amide bonds. The monoisotopic (exact) mass is 340 g/mol. The van der Waals surface area contributed by atoms with Gasteiger partial charge in [0.1, 0.15) is 17.7 Å². The van der Waals surface area contributed by atoms with Crippen molar-refractivity contribution in [3.05, 3.63) is 29.6 Å². The third-order valence-corrected chi connectivity index (χ3v) is 6.43. The fourth-order valence-electron chi connectivity index (χ4n) is 3.74. The van der Waals surface area contributed by atoms with E-state index in [0.29, 0.717) is 4.83 Å². The van der Waals surface area contributed by atoms with Gasteiger partial charge in [0.05, 0.1) is 0 Å². The minimum absolute atomic E-state index is 0.213. The largest absolute Gasteiger partial charge is 0.489 e. The third-order valence-electron chi connectivity index (χ3n) is 5.14. The van der Waals surface area contributed by atoms with Crippen LogP contribution in [0, 0.1) is 18.2 Å². The number of hydrogen-bond acceptors (Lipinski definition) is 1. The molecule has 2 unspecified atom stereocenters. The molecule has 2 aliphatic carbocycles. The summed E-state index contributed by atoms with van der Waals surface area (Å²) < 4.78 is 19.6. The smallest absolute Gasteiger partial charge is 0.126 e. The predicted molar refractivity (Wildman–Crippen MR) is 83.0 cm³/mol. The van der Waals surface area contributed by atoms with Crippen molar-refractivity contribution in [3.8, 4) is 5.75 Å². The summed E-state index contributed by atoms with van der Waals surface area (Å²) >= 11 is 3.85. The summed E-state index contributed by atoms with van der Waals surface area (Å²) in [4.78, 5) is 0.562. The zero-order valence-corrected chi connectivity index (χ0v) is 13.6.